The molecule has 0 saturated heterocycles. The Bertz CT molecular complexity index is 934. The number of carbonyl (C=O) groups excluding carboxylic acids is 1. The minimum absolute atomic E-state index is 0.165. The van der Waals surface area contributed by atoms with Crippen LogP contribution in [0.1, 0.15) is 21.8 Å². The zero-order chi connectivity index (χ0) is 19.8. The molecule has 28 heavy (non-hydrogen) atoms. The number of amides is 1. The van der Waals surface area contributed by atoms with Gasteiger partial charge in [0.15, 0.2) is 0 Å². The van der Waals surface area contributed by atoms with Gasteiger partial charge in [-0.25, -0.2) is 9.37 Å². The Hall–Kier alpha value is -2.99. The predicted molar refractivity (Wildman–Crippen MR) is 110 cm³/mol. The summed E-state index contributed by atoms with van der Waals surface area (Å²) in [6.07, 6.45) is 3.91. The van der Waals surface area contributed by atoms with E-state index in [1.165, 1.54) is 18.2 Å². The molecule has 0 bridgehead atoms. The molecule has 4 nitrogen and oxygen atoms in total. The van der Waals surface area contributed by atoms with Crippen LogP contribution in [0.2, 0.25) is 0 Å². The molecule has 0 aliphatic carbocycles. The van der Waals surface area contributed by atoms with Crippen LogP contribution in [-0.2, 0) is 17.8 Å². The van der Waals surface area contributed by atoms with Crippen molar-refractivity contribution in [3.05, 3.63) is 87.6 Å². The van der Waals surface area contributed by atoms with Gasteiger partial charge in [-0.1, -0.05) is 24.3 Å². The minimum atomic E-state index is -0.259. The summed E-state index contributed by atoms with van der Waals surface area (Å²) in [7, 11) is 0. The van der Waals surface area contributed by atoms with Crippen molar-refractivity contribution < 1.29 is 13.9 Å². The number of nitrogens with zero attached hydrogens (tertiary/aromatic N) is 1. The lowest BCUT2D eigenvalue weighted by Gasteiger charge is -2.04. The Morgan fingerprint density at radius 3 is 2.61 bits per heavy atom. The molecule has 0 atom stereocenters. The fourth-order valence-corrected chi connectivity index (χ4v) is 3.12. The lowest BCUT2D eigenvalue weighted by molar-refractivity contribution is -0.116. The number of benzene rings is 2. The number of carbonyl (C=O) groups is 1. The highest BCUT2D eigenvalue weighted by molar-refractivity contribution is 7.09. The van der Waals surface area contributed by atoms with E-state index in [0.717, 1.165) is 27.6 Å². The number of ether oxygens (including phenoxy) is 1. The van der Waals surface area contributed by atoms with Crippen molar-refractivity contribution in [1.82, 2.24) is 10.3 Å². The van der Waals surface area contributed by atoms with E-state index in [1.54, 1.807) is 29.5 Å². The molecule has 0 spiro atoms. The maximum Gasteiger partial charge on any atom is 0.244 e. The first kappa shape index (κ1) is 19.8. The van der Waals surface area contributed by atoms with Crippen LogP contribution in [0.4, 0.5) is 4.39 Å². The molecule has 3 aromatic rings. The summed E-state index contributed by atoms with van der Waals surface area (Å²) in [5.41, 5.74) is 2.81. The smallest absolute Gasteiger partial charge is 0.244 e. The van der Waals surface area contributed by atoms with Crippen LogP contribution >= 0.6 is 11.3 Å². The van der Waals surface area contributed by atoms with E-state index in [0.29, 0.717) is 19.6 Å². The molecule has 0 aliphatic heterocycles. The first-order chi connectivity index (χ1) is 13.6. The van der Waals surface area contributed by atoms with Gasteiger partial charge in [-0.15, -0.1) is 11.3 Å². The summed E-state index contributed by atoms with van der Waals surface area (Å²) in [4.78, 5) is 16.3. The Kier molecular flexibility index (Phi) is 6.92. The van der Waals surface area contributed by atoms with Crippen molar-refractivity contribution in [3.63, 3.8) is 0 Å². The summed E-state index contributed by atoms with van der Waals surface area (Å²) >= 11 is 1.60. The maximum atomic E-state index is 12.9. The SMILES string of the molecule is Cc1nc(COc2ccc(/C=C/C(=O)NCCc3ccc(F)cc3)cc2)cs1. The van der Waals surface area contributed by atoms with Gasteiger partial charge in [-0.3, -0.25) is 4.79 Å². The highest BCUT2D eigenvalue weighted by Gasteiger charge is 2.01. The molecule has 6 heteroatoms. The molecule has 1 amide bonds. The van der Waals surface area contributed by atoms with Gasteiger partial charge in [0.25, 0.3) is 0 Å². The number of rotatable bonds is 8. The summed E-state index contributed by atoms with van der Waals surface area (Å²) in [5.74, 6) is 0.332. The van der Waals surface area contributed by atoms with E-state index < -0.39 is 0 Å². The molecule has 0 aliphatic rings. The fourth-order valence-electron chi connectivity index (χ4n) is 2.52. The second-order valence-electron chi connectivity index (χ2n) is 6.22. The molecule has 2 aromatic carbocycles. The molecule has 144 valence electrons. The topological polar surface area (TPSA) is 51.2 Å². The zero-order valence-electron chi connectivity index (χ0n) is 15.5. The van der Waals surface area contributed by atoms with Crippen LogP contribution < -0.4 is 10.1 Å². The zero-order valence-corrected chi connectivity index (χ0v) is 16.3. The number of hydrogen-bond donors (Lipinski definition) is 1. The quantitative estimate of drug-likeness (QED) is 0.569. The molecule has 0 saturated carbocycles. The van der Waals surface area contributed by atoms with Gasteiger partial charge in [0.05, 0.1) is 10.7 Å². The normalized spacial score (nSPS) is 10.9. The minimum Gasteiger partial charge on any atom is -0.487 e. The summed E-state index contributed by atoms with van der Waals surface area (Å²) in [6.45, 7) is 2.90. The van der Waals surface area contributed by atoms with E-state index >= 15 is 0 Å². The highest BCUT2D eigenvalue weighted by Crippen LogP contribution is 2.16. The van der Waals surface area contributed by atoms with Gasteiger partial charge in [-0.2, -0.15) is 0 Å². The molecular formula is C22H21FN2O2S. The molecule has 0 radical (unpaired) electrons. The van der Waals surface area contributed by atoms with Crippen LogP contribution in [0.15, 0.2) is 60.0 Å². The van der Waals surface area contributed by atoms with Crippen molar-refractivity contribution in [2.45, 2.75) is 20.0 Å². The second kappa shape index (κ2) is 9.80. The summed E-state index contributed by atoms with van der Waals surface area (Å²) in [5, 5.41) is 5.83. The molecular weight excluding hydrogens is 375 g/mol. The number of aryl methyl sites for hydroxylation is 1. The van der Waals surface area contributed by atoms with E-state index in [4.69, 9.17) is 4.74 Å². The molecule has 0 unspecified atom stereocenters. The van der Waals surface area contributed by atoms with E-state index in [9.17, 15) is 9.18 Å². The summed E-state index contributed by atoms with van der Waals surface area (Å²) in [6, 6.07) is 13.8. The first-order valence-corrected chi connectivity index (χ1v) is 9.81. The van der Waals surface area contributed by atoms with Gasteiger partial charge < -0.3 is 10.1 Å². The first-order valence-electron chi connectivity index (χ1n) is 8.93. The standard InChI is InChI=1S/C22H21FN2O2S/c1-16-25-20(15-28-16)14-27-21-9-4-17(5-10-21)6-11-22(26)24-13-12-18-2-7-19(23)8-3-18/h2-11,15H,12-14H2,1H3,(H,24,26)/b11-6+. The lowest BCUT2D eigenvalue weighted by atomic mass is 10.1. The van der Waals surface area contributed by atoms with Crippen molar-refractivity contribution in [2.24, 2.45) is 0 Å². The molecule has 3 rings (SSSR count). The summed E-state index contributed by atoms with van der Waals surface area (Å²) < 4.78 is 18.6. The molecule has 1 N–H and O–H groups in total. The number of halogens is 1. The third-order valence-corrected chi connectivity index (χ3v) is 4.81. The van der Waals surface area contributed by atoms with Gasteiger partial charge >= 0.3 is 0 Å². The van der Waals surface area contributed by atoms with Gasteiger partial charge in [0.2, 0.25) is 5.91 Å². The van der Waals surface area contributed by atoms with Crippen molar-refractivity contribution >= 4 is 23.3 Å². The number of thiazole rings is 1. The van der Waals surface area contributed by atoms with Gasteiger partial charge in [-0.05, 0) is 54.8 Å². The highest BCUT2D eigenvalue weighted by atomic mass is 32.1. The van der Waals surface area contributed by atoms with E-state index in [-0.39, 0.29) is 11.7 Å². The number of hydrogen-bond acceptors (Lipinski definition) is 4. The average Bonchev–Trinajstić information content (AvgIpc) is 3.12. The van der Waals surface area contributed by atoms with E-state index in [2.05, 4.69) is 10.3 Å². The monoisotopic (exact) mass is 396 g/mol. The molecule has 1 aromatic heterocycles. The molecule has 0 fully saturated rings. The maximum absolute atomic E-state index is 12.9. The second-order valence-corrected chi connectivity index (χ2v) is 7.28. The Labute approximate surface area is 167 Å². The fraction of sp³-hybridized carbons (Fsp3) is 0.182. The van der Waals surface area contributed by atoms with Crippen molar-refractivity contribution in [1.29, 1.82) is 0 Å². The number of nitrogens with one attached hydrogen (secondary N) is 1. The average molecular weight is 396 g/mol. The third kappa shape index (κ3) is 6.32. The molecule has 1 heterocycles. The van der Waals surface area contributed by atoms with Crippen LogP contribution in [0.25, 0.3) is 6.08 Å². The largest absolute Gasteiger partial charge is 0.487 e. The van der Waals surface area contributed by atoms with Crippen LogP contribution in [0, 0.1) is 12.7 Å². The van der Waals surface area contributed by atoms with Gasteiger partial charge in [0, 0.05) is 18.0 Å². The Morgan fingerprint density at radius 2 is 1.93 bits per heavy atom. The Balaban J connectivity index is 1.41. The van der Waals surface area contributed by atoms with Crippen LogP contribution in [0.5, 0.6) is 5.75 Å². The third-order valence-electron chi connectivity index (χ3n) is 3.99. The van der Waals surface area contributed by atoms with Crippen LogP contribution in [-0.4, -0.2) is 17.4 Å². The Morgan fingerprint density at radius 1 is 1.18 bits per heavy atom. The van der Waals surface area contributed by atoms with Gasteiger partial charge in [0.1, 0.15) is 18.2 Å². The van der Waals surface area contributed by atoms with Crippen molar-refractivity contribution in [3.8, 4) is 5.75 Å². The van der Waals surface area contributed by atoms with E-state index in [1.807, 2.05) is 36.6 Å². The predicted octanol–water partition coefficient (Wildman–Crippen LogP) is 4.54. The van der Waals surface area contributed by atoms with Crippen molar-refractivity contribution in [2.75, 3.05) is 6.54 Å². The number of aromatic nitrogens is 1. The lowest BCUT2D eigenvalue weighted by Crippen LogP contribution is -2.23. The van der Waals surface area contributed by atoms with Crippen LogP contribution in [0.3, 0.4) is 0 Å².